The van der Waals surface area contributed by atoms with Gasteiger partial charge in [-0.25, -0.2) is 0 Å². The molecule has 1 rings (SSSR count). The largest absolute Gasteiger partial charge is 0.406 e. The third-order valence-corrected chi connectivity index (χ3v) is 2.77. The highest BCUT2D eigenvalue weighted by Crippen LogP contribution is 2.21. The van der Waals surface area contributed by atoms with Crippen molar-refractivity contribution >= 4 is 11.6 Å². The third kappa shape index (κ3) is 5.61. The molecule has 0 spiro atoms. The zero-order valence-electron chi connectivity index (χ0n) is 12.2. The summed E-state index contributed by atoms with van der Waals surface area (Å²) in [5.41, 5.74) is 0.684. The summed E-state index contributed by atoms with van der Waals surface area (Å²) in [6.07, 6.45) is -0.244. The van der Waals surface area contributed by atoms with Crippen molar-refractivity contribution in [3.8, 4) is 0 Å². The highest BCUT2D eigenvalue weighted by molar-refractivity contribution is 5.99. The minimum absolute atomic E-state index is 0.0634. The Morgan fingerprint density at radius 1 is 1.33 bits per heavy atom. The Hall–Kier alpha value is -1.79. The van der Waals surface area contributed by atoms with Gasteiger partial charge in [-0.1, -0.05) is 13.8 Å². The van der Waals surface area contributed by atoms with E-state index in [1.165, 1.54) is 18.5 Å². The first-order chi connectivity index (χ1) is 9.89. The van der Waals surface area contributed by atoms with Gasteiger partial charge in [-0.15, -0.1) is 0 Å². The zero-order valence-corrected chi connectivity index (χ0v) is 12.2. The second kappa shape index (κ2) is 7.85. The molecule has 0 aliphatic heterocycles. The van der Waals surface area contributed by atoms with Gasteiger partial charge in [0, 0.05) is 19.3 Å². The lowest BCUT2D eigenvalue weighted by Crippen LogP contribution is -2.39. The van der Waals surface area contributed by atoms with Crippen molar-refractivity contribution in [1.29, 1.82) is 0 Å². The molecule has 0 bridgehead atoms. The van der Waals surface area contributed by atoms with Gasteiger partial charge in [0.2, 0.25) is 0 Å². The molecule has 0 saturated carbocycles. The average Bonchev–Trinajstić information content (AvgIpc) is 2.43. The molecule has 118 valence electrons. The summed E-state index contributed by atoms with van der Waals surface area (Å²) in [5.74, 6) is -0.629. The summed E-state index contributed by atoms with van der Waals surface area (Å²) in [5, 5.41) is 3.01. The van der Waals surface area contributed by atoms with E-state index in [0.29, 0.717) is 18.7 Å². The number of carbonyl (C=O) groups excluding carboxylic acids is 1. The molecule has 4 nitrogen and oxygen atoms in total. The maximum Gasteiger partial charge on any atom is 0.406 e. The highest BCUT2D eigenvalue weighted by Gasteiger charge is 2.33. The SMILES string of the molecule is CCCNc1cnccc1C(=O)N(CCC)CC(F)(F)F. The zero-order chi connectivity index (χ0) is 15.9. The first-order valence-electron chi connectivity index (χ1n) is 6.93. The molecule has 1 aromatic heterocycles. The number of aromatic nitrogens is 1. The molecule has 1 N–H and O–H groups in total. The number of halogens is 3. The summed E-state index contributed by atoms with van der Waals surface area (Å²) in [7, 11) is 0. The Bertz CT molecular complexity index is 463. The van der Waals surface area contributed by atoms with Crippen LogP contribution in [0, 0.1) is 0 Å². The van der Waals surface area contributed by atoms with Crippen LogP contribution >= 0.6 is 0 Å². The van der Waals surface area contributed by atoms with Gasteiger partial charge >= 0.3 is 6.18 Å². The normalized spacial score (nSPS) is 11.3. The Labute approximate surface area is 122 Å². The molecule has 1 aromatic rings. The molecular weight excluding hydrogens is 283 g/mol. The summed E-state index contributed by atoms with van der Waals surface area (Å²) < 4.78 is 37.8. The van der Waals surface area contributed by atoms with Gasteiger partial charge in [-0.3, -0.25) is 9.78 Å². The Morgan fingerprint density at radius 3 is 2.62 bits per heavy atom. The van der Waals surface area contributed by atoms with Crippen molar-refractivity contribution in [2.24, 2.45) is 0 Å². The maximum atomic E-state index is 12.6. The number of alkyl halides is 3. The van der Waals surface area contributed by atoms with Gasteiger partial charge in [-0.05, 0) is 18.9 Å². The fourth-order valence-electron chi connectivity index (χ4n) is 1.89. The number of hydrogen-bond acceptors (Lipinski definition) is 3. The van der Waals surface area contributed by atoms with Crippen molar-refractivity contribution in [3.63, 3.8) is 0 Å². The number of hydrogen-bond donors (Lipinski definition) is 1. The van der Waals surface area contributed by atoms with Gasteiger partial charge in [0.15, 0.2) is 0 Å². The lowest BCUT2D eigenvalue weighted by atomic mass is 10.2. The quantitative estimate of drug-likeness (QED) is 0.840. The van der Waals surface area contributed by atoms with E-state index in [2.05, 4.69) is 10.3 Å². The van der Waals surface area contributed by atoms with Crippen molar-refractivity contribution in [2.45, 2.75) is 32.9 Å². The van der Waals surface area contributed by atoms with Crippen LogP contribution in [0.1, 0.15) is 37.0 Å². The second-order valence-corrected chi connectivity index (χ2v) is 4.69. The van der Waals surface area contributed by atoms with E-state index < -0.39 is 18.6 Å². The molecular formula is C14H20F3N3O. The third-order valence-electron chi connectivity index (χ3n) is 2.77. The van der Waals surface area contributed by atoms with Crippen molar-refractivity contribution in [2.75, 3.05) is 25.0 Å². The van der Waals surface area contributed by atoms with E-state index in [-0.39, 0.29) is 12.1 Å². The first kappa shape index (κ1) is 17.3. The van der Waals surface area contributed by atoms with E-state index in [0.717, 1.165) is 11.3 Å². The maximum absolute atomic E-state index is 12.6. The molecule has 1 amide bonds. The van der Waals surface area contributed by atoms with Crippen LogP contribution in [0.2, 0.25) is 0 Å². The Morgan fingerprint density at radius 2 is 2.05 bits per heavy atom. The van der Waals surface area contributed by atoms with Crippen molar-refractivity contribution in [1.82, 2.24) is 9.88 Å². The smallest absolute Gasteiger partial charge is 0.383 e. The monoisotopic (exact) mass is 303 g/mol. The summed E-state index contributed by atoms with van der Waals surface area (Å²) in [4.78, 5) is 17.1. The fourth-order valence-corrected chi connectivity index (χ4v) is 1.89. The molecule has 0 unspecified atom stereocenters. The standard InChI is InChI=1S/C14H20F3N3O/c1-3-6-19-12-9-18-7-5-11(12)13(21)20(8-4-2)10-14(15,16)17/h5,7,9,19H,3-4,6,8,10H2,1-2H3. The highest BCUT2D eigenvalue weighted by atomic mass is 19.4. The molecule has 0 radical (unpaired) electrons. The van der Waals surface area contributed by atoms with E-state index in [4.69, 9.17) is 0 Å². The van der Waals surface area contributed by atoms with E-state index in [1.54, 1.807) is 6.92 Å². The van der Waals surface area contributed by atoms with Crippen LogP contribution in [0.15, 0.2) is 18.5 Å². The molecule has 1 heterocycles. The lowest BCUT2D eigenvalue weighted by Gasteiger charge is -2.24. The van der Waals surface area contributed by atoms with Crippen LogP contribution in [0.3, 0.4) is 0 Å². The number of amides is 1. The molecule has 7 heteroatoms. The topological polar surface area (TPSA) is 45.2 Å². The molecule has 0 atom stereocenters. The Kier molecular flexibility index (Phi) is 6.45. The number of nitrogens with one attached hydrogen (secondary N) is 1. The number of nitrogens with zero attached hydrogens (tertiary/aromatic N) is 2. The van der Waals surface area contributed by atoms with Crippen molar-refractivity contribution < 1.29 is 18.0 Å². The minimum atomic E-state index is -4.41. The fraction of sp³-hybridized carbons (Fsp3) is 0.571. The van der Waals surface area contributed by atoms with E-state index in [9.17, 15) is 18.0 Å². The van der Waals surface area contributed by atoms with Crippen LogP contribution in [0.25, 0.3) is 0 Å². The van der Waals surface area contributed by atoms with Crippen LogP contribution < -0.4 is 5.32 Å². The van der Waals surface area contributed by atoms with Crippen LogP contribution in [-0.2, 0) is 0 Å². The summed E-state index contributed by atoms with van der Waals surface area (Å²) in [6.45, 7) is 3.14. The molecule has 21 heavy (non-hydrogen) atoms. The molecule has 0 aromatic carbocycles. The number of rotatable bonds is 7. The Balaban J connectivity index is 2.97. The molecule has 0 aliphatic carbocycles. The van der Waals surface area contributed by atoms with Gasteiger partial charge in [0.1, 0.15) is 6.54 Å². The average molecular weight is 303 g/mol. The molecule has 0 aliphatic rings. The van der Waals surface area contributed by atoms with Gasteiger partial charge in [0.25, 0.3) is 5.91 Å². The van der Waals surface area contributed by atoms with E-state index in [1.807, 2.05) is 6.92 Å². The van der Waals surface area contributed by atoms with Crippen molar-refractivity contribution in [3.05, 3.63) is 24.0 Å². The number of anilines is 1. The van der Waals surface area contributed by atoms with Gasteiger partial charge in [0.05, 0.1) is 17.4 Å². The predicted octanol–water partition coefficient (Wildman–Crippen LogP) is 3.32. The first-order valence-corrected chi connectivity index (χ1v) is 6.93. The predicted molar refractivity (Wildman–Crippen MR) is 75.3 cm³/mol. The minimum Gasteiger partial charge on any atom is -0.383 e. The van der Waals surface area contributed by atoms with Gasteiger partial charge < -0.3 is 10.2 Å². The number of pyridine rings is 1. The lowest BCUT2D eigenvalue weighted by molar-refractivity contribution is -0.140. The van der Waals surface area contributed by atoms with Crippen LogP contribution in [-0.4, -0.2) is 41.6 Å². The van der Waals surface area contributed by atoms with Crippen LogP contribution in [0.4, 0.5) is 18.9 Å². The van der Waals surface area contributed by atoms with Crippen LogP contribution in [0.5, 0.6) is 0 Å². The molecule has 0 saturated heterocycles. The molecule has 0 fully saturated rings. The van der Waals surface area contributed by atoms with E-state index >= 15 is 0 Å². The summed E-state index contributed by atoms with van der Waals surface area (Å²) in [6, 6.07) is 1.44. The second-order valence-electron chi connectivity index (χ2n) is 4.69. The summed E-state index contributed by atoms with van der Waals surface area (Å²) >= 11 is 0. The number of carbonyl (C=O) groups is 1. The van der Waals surface area contributed by atoms with Gasteiger partial charge in [-0.2, -0.15) is 13.2 Å².